The standard InChI is InChI=1S/C16H14ClF3N2O/c1-23-22-15(8-9-16(18,19)20)14-7-4-12(10-21-14)11-2-5-13(17)6-3-11/h2-7,10H,8-9H2,1H3/b22-15+. The second kappa shape index (κ2) is 7.46. The Balaban J connectivity index is 2.18. The lowest BCUT2D eigenvalue weighted by atomic mass is 10.1. The summed E-state index contributed by atoms with van der Waals surface area (Å²) in [5, 5.41) is 4.27. The van der Waals surface area contributed by atoms with Gasteiger partial charge in [0.2, 0.25) is 0 Å². The topological polar surface area (TPSA) is 34.5 Å². The normalized spacial score (nSPS) is 12.3. The molecule has 3 nitrogen and oxygen atoms in total. The van der Waals surface area contributed by atoms with E-state index in [0.717, 1.165) is 11.1 Å². The summed E-state index contributed by atoms with van der Waals surface area (Å²) >= 11 is 5.84. The smallest absolute Gasteiger partial charge is 0.389 e. The van der Waals surface area contributed by atoms with Crippen LogP contribution in [0.4, 0.5) is 13.2 Å². The van der Waals surface area contributed by atoms with E-state index in [1.807, 2.05) is 12.1 Å². The Bertz CT molecular complexity index is 667. The number of halogens is 4. The molecule has 7 heteroatoms. The van der Waals surface area contributed by atoms with Crippen LogP contribution in [-0.4, -0.2) is 24.0 Å². The number of alkyl halides is 3. The lowest BCUT2D eigenvalue weighted by molar-refractivity contribution is -0.132. The zero-order valence-electron chi connectivity index (χ0n) is 12.3. The Kier molecular flexibility index (Phi) is 5.60. The van der Waals surface area contributed by atoms with E-state index in [9.17, 15) is 13.2 Å². The highest BCUT2D eigenvalue weighted by atomic mass is 35.5. The van der Waals surface area contributed by atoms with Gasteiger partial charge in [-0.05, 0) is 23.8 Å². The van der Waals surface area contributed by atoms with E-state index < -0.39 is 12.6 Å². The Hall–Kier alpha value is -2.08. The molecule has 23 heavy (non-hydrogen) atoms. The first-order valence-corrected chi connectivity index (χ1v) is 7.16. The molecule has 0 unspecified atom stereocenters. The number of hydrogen-bond acceptors (Lipinski definition) is 3. The van der Waals surface area contributed by atoms with E-state index in [4.69, 9.17) is 11.6 Å². The van der Waals surface area contributed by atoms with Crippen LogP contribution < -0.4 is 0 Å². The summed E-state index contributed by atoms with van der Waals surface area (Å²) in [6.45, 7) is 0. The van der Waals surface area contributed by atoms with Crippen LogP contribution in [0.1, 0.15) is 18.5 Å². The third kappa shape index (κ3) is 5.25. The number of pyridine rings is 1. The van der Waals surface area contributed by atoms with Crippen molar-refractivity contribution in [1.82, 2.24) is 4.98 Å². The van der Waals surface area contributed by atoms with Crippen LogP contribution in [0.5, 0.6) is 0 Å². The summed E-state index contributed by atoms with van der Waals surface area (Å²) in [6.07, 6.45) is -3.93. The van der Waals surface area contributed by atoms with Gasteiger partial charge >= 0.3 is 6.18 Å². The van der Waals surface area contributed by atoms with Crippen LogP contribution in [0, 0.1) is 0 Å². The maximum Gasteiger partial charge on any atom is 0.389 e. The van der Waals surface area contributed by atoms with E-state index in [-0.39, 0.29) is 12.1 Å². The molecule has 0 amide bonds. The Labute approximate surface area is 136 Å². The molecule has 0 atom stereocenters. The molecule has 0 radical (unpaired) electrons. The van der Waals surface area contributed by atoms with E-state index in [1.165, 1.54) is 7.11 Å². The van der Waals surface area contributed by atoms with Crippen molar-refractivity contribution in [3.8, 4) is 11.1 Å². The summed E-state index contributed by atoms with van der Waals surface area (Å²) in [5.41, 5.74) is 2.26. The van der Waals surface area contributed by atoms with Crippen LogP contribution in [0.2, 0.25) is 5.02 Å². The molecule has 0 aliphatic carbocycles. The highest BCUT2D eigenvalue weighted by molar-refractivity contribution is 6.30. The van der Waals surface area contributed by atoms with E-state index in [0.29, 0.717) is 10.7 Å². The van der Waals surface area contributed by atoms with Crippen molar-refractivity contribution in [3.05, 3.63) is 53.3 Å². The van der Waals surface area contributed by atoms with Gasteiger partial charge in [0.25, 0.3) is 0 Å². The van der Waals surface area contributed by atoms with Crippen LogP contribution in [0.15, 0.2) is 47.8 Å². The van der Waals surface area contributed by atoms with E-state index in [1.54, 1.807) is 30.5 Å². The minimum absolute atomic E-state index is 0.160. The Morgan fingerprint density at radius 3 is 2.30 bits per heavy atom. The predicted octanol–water partition coefficient (Wildman–Crippen LogP) is 5.10. The zero-order chi connectivity index (χ0) is 16.9. The fourth-order valence-corrected chi connectivity index (χ4v) is 2.09. The number of oxime groups is 1. The molecule has 2 rings (SSSR count). The van der Waals surface area contributed by atoms with E-state index >= 15 is 0 Å². The van der Waals surface area contributed by atoms with Gasteiger partial charge < -0.3 is 4.84 Å². The van der Waals surface area contributed by atoms with Gasteiger partial charge in [-0.1, -0.05) is 35.0 Å². The third-order valence-corrected chi connectivity index (χ3v) is 3.34. The van der Waals surface area contributed by atoms with Gasteiger partial charge in [0.1, 0.15) is 12.8 Å². The minimum Gasteiger partial charge on any atom is -0.399 e. The van der Waals surface area contributed by atoms with Crippen molar-refractivity contribution in [3.63, 3.8) is 0 Å². The Morgan fingerprint density at radius 2 is 1.78 bits per heavy atom. The van der Waals surface area contributed by atoms with Gasteiger partial charge in [0, 0.05) is 29.6 Å². The molecule has 0 saturated heterocycles. The first-order valence-electron chi connectivity index (χ1n) is 6.78. The SMILES string of the molecule is CO/N=C(\CCC(F)(F)F)c1ccc(-c2ccc(Cl)cc2)cn1. The molecule has 122 valence electrons. The molecular weight excluding hydrogens is 329 g/mol. The molecule has 1 aromatic carbocycles. The summed E-state index contributed by atoms with van der Waals surface area (Å²) in [5.74, 6) is 0. The third-order valence-electron chi connectivity index (χ3n) is 3.08. The van der Waals surface area contributed by atoms with Crippen molar-refractivity contribution in [2.45, 2.75) is 19.0 Å². The van der Waals surface area contributed by atoms with E-state index in [2.05, 4.69) is 15.0 Å². The van der Waals surface area contributed by atoms with Crippen molar-refractivity contribution in [1.29, 1.82) is 0 Å². The summed E-state index contributed by atoms with van der Waals surface area (Å²) in [7, 11) is 1.29. The van der Waals surface area contributed by atoms with Crippen LogP contribution >= 0.6 is 11.6 Å². The minimum atomic E-state index is -4.25. The van der Waals surface area contributed by atoms with Crippen LogP contribution in [0.3, 0.4) is 0 Å². The number of nitrogens with zero attached hydrogens (tertiary/aromatic N) is 2. The Morgan fingerprint density at radius 1 is 1.13 bits per heavy atom. The average molecular weight is 343 g/mol. The van der Waals surface area contributed by atoms with Gasteiger partial charge in [-0.15, -0.1) is 0 Å². The lowest BCUT2D eigenvalue weighted by Gasteiger charge is -2.09. The van der Waals surface area contributed by atoms with Gasteiger partial charge in [-0.3, -0.25) is 4.98 Å². The quantitative estimate of drug-likeness (QED) is 0.560. The highest BCUT2D eigenvalue weighted by Gasteiger charge is 2.28. The molecule has 1 aromatic heterocycles. The molecule has 0 fully saturated rings. The lowest BCUT2D eigenvalue weighted by Crippen LogP contribution is -2.12. The number of aromatic nitrogens is 1. The van der Waals surface area contributed by atoms with Crippen molar-refractivity contribution in [2.75, 3.05) is 7.11 Å². The van der Waals surface area contributed by atoms with Crippen molar-refractivity contribution >= 4 is 17.3 Å². The average Bonchev–Trinajstić information content (AvgIpc) is 2.52. The molecule has 0 aliphatic rings. The second-order valence-corrected chi connectivity index (χ2v) is 5.21. The molecule has 2 aromatic rings. The first-order chi connectivity index (χ1) is 10.9. The monoisotopic (exact) mass is 342 g/mol. The maximum absolute atomic E-state index is 12.4. The van der Waals surface area contributed by atoms with Gasteiger partial charge in [0.05, 0.1) is 5.69 Å². The number of hydrogen-bond donors (Lipinski definition) is 0. The number of rotatable bonds is 5. The fraction of sp³-hybridized carbons (Fsp3) is 0.250. The van der Waals surface area contributed by atoms with Gasteiger partial charge in [-0.25, -0.2) is 0 Å². The first kappa shape index (κ1) is 17.3. The molecule has 0 saturated carbocycles. The summed E-state index contributed by atoms with van der Waals surface area (Å²) in [6, 6.07) is 10.6. The maximum atomic E-state index is 12.4. The number of benzene rings is 1. The molecule has 0 spiro atoms. The fourth-order valence-electron chi connectivity index (χ4n) is 1.97. The zero-order valence-corrected chi connectivity index (χ0v) is 13.0. The molecule has 1 heterocycles. The molecule has 0 bridgehead atoms. The molecule has 0 N–H and O–H groups in total. The van der Waals surface area contributed by atoms with Crippen molar-refractivity contribution < 1.29 is 18.0 Å². The summed E-state index contributed by atoms with van der Waals surface area (Å²) < 4.78 is 37.1. The summed E-state index contributed by atoms with van der Waals surface area (Å²) in [4.78, 5) is 8.80. The van der Waals surface area contributed by atoms with Crippen LogP contribution in [0.25, 0.3) is 11.1 Å². The largest absolute Gasteiger partial charge is 0.399 e. The van der Waals surface area contributed by atoms with Crippen molar-refractivity contribution in [2.24, 2.45) is 5.16 Å². The predicted molar refractivity (Wildman–Crippen MR) is 83.5 cm³/mol. The highest BCUT2D eigenvalue weighted by Crippen LogP contribution is 2.24. The second-order valence-electron chi connectivity index (χ2n) is 4.77. The van der Waals surface area contributed by atoms with Crippen LogP contribution in [-0.2, 0) is 4.84 Å². The molecule has 0 aliphatic heterocycles. The molecular formula is C16H14ClF3N2O. The van der Waals surface area contributed by atoms with Gasteiger partial charge in [-0.2, -0.15) is 13.2 Å². The van der Waals surface area contributed by atoms with Gasteiger partial charge in [0.15, 0.2) is 0 Å².